The summed E-state index contributed by atoms with van der Waals surface area (Å²) in [5.74, 6) is 0.581. The number of carbonyl (C=O) groups excluding carboxylic acids is 1. The number of anilines is 1. The van der Waals surface area contributed by atoms with Gasteiger partial charge in [0, 0.05) is 17.8 Å². The standard InChI is InChI=1S/C18H22N2O6S/c1-12-5-7-14(8-6-12)27(22,23)19-11-17(21)20-13-9-15(24-2)18(26-4)16(10-13)25-3/h5-10,19H,11H2,1-4H3,(H,20,21). The molecule has 0 unspecified atom stereocenters. The topological polar surface area (TPSA) is 103 Å². The number of methoxy groups -OCH3 is 3. The lowest BCUT2D eigenvalue weighted by atomic mass is 10.2. The molecule has 2 aromatic rings. The van der Waals surface area contributed by atoms with Gasteiger partial charge >= 0.3 is 0 Å². The first-order chi connectivity index (χ1) is 12.8. The molecule has 0 bridgehead atoms. The van der Waals surface area contributed by atoms with Crippen molar-refractivity contribution in [2.75, 3.05) is 33.2 Å². The summed E-state index contributed by atoms with van der Waals surface area (Å²) in [6.07, 6.45) is 0. The van der Waals surface area contributed by atoms with Crippen LogP contribution in [0.2, 0.25) is 0 Å². The summed E-state index contributed by atoms with van der Waals surface area (Å²) in [5, 5.41) is 2.59. The predicted molar refractivity (Wildman–Crippen MR) is 101 cm³/mol. The van der Waals surface area contributed by atoms with E-state index in [1.807, 2.05) is 6.92 Å². The van der Waals surface area contributed by atoms with E-state index >= 15 is 0 Å². The Balaban J connectivity index is 2.08. The molecule has 0 aliphatic carbocycles. The van der Waals surface area contributed by atoms with Gasteiger partial charge in [-0.3, -0.25) is 4.79 Å². The van der Waals surface area contributed by atoms with Crippen molar-refractivity contribution in [3.05, 3.63) is 42.0 Å². The van der Waals surface area contributed by atoms with Crippen molar-refractivity contribution in [3.8, 4) is 17.2 Å². The van der Waals surface area contributed by atoms with Crippen LogP contribution in [0.5, 0.6) is 17.2 Å². The highest BCUT2D eigenvalue weighted by Crippen LogP contribution is 2.39. The molecule has 0 fully saturated rings. The summed E-state index contributed by atoms with van der Waals surface area (Å²) in [4.78, 5) is 12.2. The second kappa shape index (κ2) is 8.74. The Morgan fingerprint density at radius 3 is 2.00 bits per heavy atom. The van der Waals surface area contributed by atoms with E-state index in [4.69, 9.17) is 14.2 Å². The van der Waals surface area contributed by atoms with Gasteiger partial charge in [0.1, 0.15) is 0 Å². The molecule has 0 heterocycles. The van der Waals surface area contributed by atoms with Crippen molar-refractivity contribution in [1.29, 1.82) is 0 Å². The van der Waals surface area contributed by atoms with Crippen molar-refractivity contribution in [1.82, 2.24) is 4.72 Å². The van der Waals surface area contributed by atoms with E-state index in [0.29, 0.717) is 22.9 Å². The SMILES string of the molecule is COc1cc(NC(=O)CNS(=O)(=O)c2ccc(C)cc2)cc(OC)c1OC. The molecule has 27 heavy (non-hydrogen) atoms. The minimum Gasteiger partial charge on any atom is -0.493 e. The van der Waals surface area contributed by atoms with Crippen LogP contribution in [-0.4, -0.2) is 42.2 Å². The smallest absolute Gasteiger partial charge is 0.241 e. The lowest BCUT2D eigenvalue weighted by molar-refractivity contribution is -0.115. The van der Waals surface area contributed by atoms with Gasteiger partial charge in [-0.1, -0.05) is 17.7 Å². The molecule has 0 spiro atoms. The van der Waals surface area contributed by atoms with E-state index in [2.05, 4.69) is 10.0 Å². The van der Waals surface area contributed by atoms with Crippen LogP contribution in [0.4, 0.5) is 5.69 Å². The van der Waals surface area contributed by atoms with Crippen LogP contribution in [0.1, 0.15) is 5.56 Å². The number of sulfonamides is 1. The quantitative estimate of drug-likeness (QED) is 0.709. The van der Waals surface area contributed by atoms with E-state index in [9.17, 15) is 13.2 Å². The molecule has 9 heteroatoms. The molecular formula is C18H22N2O6S. The van der Waals surface area contributed by atoms with Crippen molar-refractivity contribution in [2.24, 2.45) is 0 Å². The zero-order chi connectivity index (χ0) is 20.0. The third-order valence-corrected chi connectivity index (χ3v) is 5.12. The summed E-state index contributed by atoms with van der Waals surface area (Å²) in [5.41, 5.74) is 1.32. The minimum atomic E-state index is -3.78. The number of rotatable bonds is 8. The minimum absolute atomic E-state index is 0.0914. The van der Waals surface area contributed by atoms with Gasteiger partial charge in [-0.05, 0) is 19.1 Å². The van der Waals surface area contributed by atoms with Crippen LogP contribution in [-0.2, 0) is 14.8 Å². The lowest BCUT2D eigenvalue weighted by Crippen LogP contribution is -2.32. The molecule has 146 valence electrons. The molecule has 1 amide bonds. The molecule has 2 aromatic carbocycles. The Morgan fingerprint density at radius 1 is 0.963 bits per heavy atom. The Hall–Kier alpha value is -2.78. The van der Waals surface area contributed by atoms with Crippen LogP contribution in [0, 0.1) is 6.92 Å². The lowest BCUT2D eigenvalue weighted by Gasteiger charge is -2.14. The van der Waals surface area contributed by atoms with E-state index in [1.165, 1.54) is 33.5 Å². The van der Waals surface area contributed by atoms with E-state index < -0.39 is 22.5 Å². The van der Waals surface area contributed by atoms with Crippen LogP contribution in [0.25, 0.3) is 0 Å². The first-order valence-corrected chi connectivity index (χ1v) is 9.45. The number of nitrogens with one attached hydrogen (secondary N) is 2. The number of hydrogen-bond donors (Lipinski definition) is 2. The number of amides is 1. The zero-order valence-electron chi connectivity index (χ0n) is 15.5. The maximum absolute atomic E-state index is 12.2. The Kier molecular flexibility index (Phi) is 6.65. The highest BCUT2D eigenvalue weighted by Gasteiger charge is 2.17. The van der Waals surface area contributed by atoms with Gasteiger partial charge in [0.2, 0.25) is 21.7 Å². The highest BCUT2D eigenvalue weighted by atomic mass is 32.2. The largest absolute Gasteiger partial charge is 0.493 e. The molecule has 0 aliphatic rings. The van der Waals surface area contributed by atoms with Gasteiger partial charge < -0.3 is 19.5 Å². The number of hydrogen-bond acceptors (Lipinski definition) is 6. The number of ether oxygens (including phenoxy) is 3. The van der Waals surface area contributed by atoms with Crippen LogP contribution >= 0.6 is 0 Å². The summed E-state index contributed by atoms with van der Waals surface area (Å²) in [7, 11) is 0.604. The third kappa shape index (κ3) is 5.11. The highest BCUT2D eigenvalue weighted by molar-refractivity contribution is 7.89. The van der Waals surface area contributed by atoms with Gasteiger partial charge in [0.05, 0.1) is 32.8 Å². The molecule has 0 aliphatic heterocycles. The number of carbonyl (C=O) groups is 1. The fourth-order valence-corrected chi connectivity index (χ4v) is 3.30. The monoisotopic (exact) mass is 394 g/mol. The number of aryl methyl sites for hydroxylation is 1. The summed E-state index contributed by atoms with van der Waals surface area (Å²) in [6, 6.07) is 9.43. The van der Waals surface area contributed by atoms with Gasteiger partial charge in [-0.25, -0.2) is 13.1 Å². The molecule has 0 aromatic heterocycles. The molecular weight excluding hydrogens is 372 g/mol. The van der Waals surface area contributed by atoms with E-state index in [0.717, 1.165) is 5.56 Å². The Labute approximate surface area is 158 Å². The summed E-state index contributed by atoms with van der Waals surface area (Å²) < 4.78 is 42.4. The van der Waals surface area contributed by atoms with Gasteiger partial charge in [-0.2, -0.15) is 0 Å². The predicted octanol–water partition coefficient (Wildman–Crippen LogP) is 1.94. The van der Waals surface area contributed by atoms with E-state index in [1.54, 1.807) is 24.3 Å². The van der Waals surface area contributed by atoms with Crippen molar-refractivity contribution < 1.29 is 27.4 Å². The average Bonchev–Trinajstić information content (AvgIpc) is 2.66. The third-order valence-electron chi connectivity index (χ3n) is 3.70. The first kappa shape index (κ1) is 20.5. The first-order valence-electron chi connectivity index (χ1n) is 7.97. The Morgan fingerprint density at radius 2 is 1.52 bits per heavy atom. The second-order valence-electron chi connectivity index (χ2n) is 5.60. The van der Waals surface area contributed by atoms with Gasteiger partial charge in [-0.15, -0.1) is 0 Å². The van der Waals surface area contributed by atoms with Crippen LogP contribution in [0.15, 0.2) is 41.3 Å². The summed E-state index contributed by atoms with van der Waals surface area (Å²) >= 11 is 0. The van der Waals surface area contributed by atoms with Gasteiger partial charge in [0.15, 0.2) is 11.5 Å². The van der Waals surface area contributed by atoms with Crippen molar-refractivity contribution in [2.45, 2.75) is 11.8 Å². The van der Waals surface area contributed by atoms with Crippen LogP contribution < -0.4 is 24.2 Å². The molecule has 2 rings (SSSR count). The van der Waals surface area contributed by atoms with Gasteiger partial charge in [0.25, 0.3) is 0 Å². The molecule has 0 atom stereocenters. The maximum atomic E-state index is 12.2. The Bertz CT molecular complexity index is 885. The molecule has 0 saturated carbocycles. The molecule has 2 N–H and O–H groups in total. The molecule has 0 saturated heterocycles. The zero-order valence-corrected chi connectivity index (χ0v) is 16.3. The average molecular weight is 394 g/mol. The number of benzene rings is 2. The second-order valence-corrected chi connectivity index (χ2v) is 7.37. The summed E-state index contributed by atoms with van der Waals surface area (Å²) in [6.45, 7) is 1.43. The molecule has 0 radical (unpaired) electrons. The molecule has 8 nitrogen and oxygen atoms in total. The fraction of sp³-hybridized carbons (Fsp3) is 0.278. The fourth-order valence-electron chi connectivity index (χ4n) is 2.32. The van der Waals surface area contributed by atoms with Crippen molar-refractivity contribution in [3.63, 3.8) is 0 Å². The van der Waals surface area contributed by atoms with Crippen LogP contribution in [0.3, 0.4) is 0 Å². The van der Waals surface area contributed by atoms with E-state index in [-0.39, 0.29) is 4.90 Å². The maximum Gasteiger partial charge on any atom is 0.241 e. The van der Waals surface area contributed by atoms with Crippen molar-refractivity contribution >= 4 is 21.6 Å². The normalized spacial score (nSPS) is 11.0.